The van der Waals surface area contributed by atoms with Gasteiger partial charge >= 0.3 is 5.97 Å². The molecule has 2 rings (SSSR count). The van der Waals surface area contributed by atoms with E-state index in [4.69, 9.17) is 5.11 Å². The van der Waals surface area contributed by atoms with Gasteiger partial charge in [0.25, 0.3) is 0 Å². The summed E-state index contributed by atoms with van der Waals surface area (Å²) in [5, 5.41) is 14.9. The van der Waals surface area contributed by atoms with Gasteiger partial charge in [0.2, 0.25) is 5.91 Å². The Balaban J connectivity index is 2.05. The fourth-order valence-electron chi connectivity index (χ4n) is 2.27. The summed E-state index contributed by atoms with van der Waals surface area (Å²) in [6.07, 6.45) is 1.79. The van der Waals surface area contributed by atoms with Gasteiger partial charge in [0.05, 0.1) is 12.3 Å². The number of amides is 1. The van der Waals surface area contributed by atoms with E-state index in [1.807, 2.05) is 0 Å². The van der Waals surface area contributed by atoms with Gasteiger partial charge in [-0.05, 0) is 31.0 Å². The summed E-state index contributed by atoms with van der Waals surface area (Å²) < 4.78 is 0. The van der Waals surface area contributed by atoms with E-state index in [9.17, 15) is 9.59 Å². The number of anilines is 1. The second kappa shape index (κ2) is 6.33. The number of carbonyl (C=O) groups is 2. The van der Waals surface area contributed by atoms with Crippen LogP contribution in [0.1, 0.15) is 18.4 Å². The minimum absolute atomic E-state index is 0.0355. The Labute approximate surface area is 112 Å². The number of carbonyl (C=O) groups excluding carboxylic acids is 1. The van der Waals surface area contributed by atoms with Gasteiger partial charge in [-0.15, -0.1) is 0 Å². The first-order chi connectivity index (χ1) is 9.16. The average molecular weight is 262 g/mol. The quantitative estimate of drug-likeness (QED) is 0.763. The summed E-state index contributed by atoms with van der Waals surface area (Å²) in [7, 11) is 0. The first kappa shape index (κ1) is 13.5. The summed E-state index contributed by atoms with van der Waals surface area (Å²) in [5.41, 5.74) is 1.23. The van der Waals surface area contributed by atoms with Crippen molar-refractivity contribution in [1.29, 1.82) is 0 Å². The standard InChI is InChI=1S/C14H18N2O3/c17-13(18)8-10-4-1-2-6-12(10)16-14(19)11-5-3-7-15-9-11/h1-2,4,6,11,15H,3,5,7-9H2,(H,16,19)(H,17,18)/t11-/m1/s1. The molecule has 5 heteroatoms. The molecule has 0 radical (unpaired) electrons. The second-order valence-electron chi connectivity index (χ2n) is 4.76. The Morgan fingerprint density at radius 3 is 2.84 bits per heavy atom. The highest BCUT2D eigenvalue weighted by molar-refractivity contribution is 5.94. The van der Waals surface area contributed by atoms with E-state index in [0.717, 1.165) is 19.4 Å². The normalized spacial score (nSPS) is 18.8. The highest BCUT2D eigenvalue weighted by Crippen LogP contribution is 2.18. The van der Waals surface area contributed by atoms with Crippen LogP contribution in [0.2, 0.25) is 0 Å². The molecule has 1 atom stereocenters. The maximum absolute atomic E-state index is 12.1. The van der Waals surface area contributed by atoms with Crippen molar-refractivity contribution < 1.29 is 14.7 Å². The minimum atomic E-state index is -0.902. The van der Waals surface area contributed by atoms with Gasteiger partial charge in [0.1, 0.15) is 0 Å². The van der Waals surface area contributed by atoms with E-state index in [-0.39, 0.29) is 18.2 Å². The number of hydrogen-bond acceptors (Lipinski definition) is 3. The number of carboxylic acid groups (broad SMARTS) is 1. The van der Waals surface area contributed by atoms with E-state index >= 15 is 0 Å². The molecule has 1 aromatic rings. The second-order valence-corrected chi connectivity index (χ2v) is 4.76. The summed E-state index contributed by atoms with van der Waals surface area (Å²) >= 11 is 0. The molecule has 0 aromatic heterocycles. The number of hydrogen-bond donors (Lipinski definition) is 3. The molecular formula is C14H18N2O3. The number of benzene rings is 1. The monoisotopic (exact) mass is 262 g/mol. The Kier molecular flexibility index (Phi) is 4.52. The summed E-state index contributed by atoms with van der Waals surface area (Å²) in [5.74, 6) is -0.974. The fraction of sp³-hybridized carbons (Fsp3) is 0.429. The van der Waals surface area contributed by atoms with E-state index in [2.05, 4.69) is 10.6 Å². The van der Waals surface area contributed by atoms with Gasteiger partial charge in [0.15, 0.2) is 0 Å². The Hall–Kier alpha value is -1.88. The van der Waals surface area contributed by atoms with Crippen LogP contribution in [0.5, 0.6) is 0 Å². The third kappa shape index (κ3) is 3.79. The molecule has 0 unspecified atom stereocenters. The lowest BCUT2D eigenvalue weighted by atomic mass is 9.98. The average Bonchev–Trinajstić information content (AvgIpc) is 2.41. The van der Waals surface area contributed by atoms with Crippen molar-refractivity contribution in [3.05, 3.63) is 29.8 Å². The SMILES string of the molecule is O=C(O)Cc1ccccc1NC(=O)[C@@H]1CCCNC1. The van der Waals surface area contributed by atoms with E-state index in [0.29, 0.717) is 17.8 Å². The molecule has 1 amide bonds. The molecule has 19 heavy (non-hydrogen) atoms. The van der Waals surface area contributed by atoms with Crippen molar-refractivity contribution in [2.24, 2.45) is 5.92 Å². The topological polar surface area (TPSA) is 78.4 Å². The van der Waals surface area contributed by atoms with Crippen molar-refractivity contribution in [3.8, 4) is 0 Å². The first-order valence-corrected chi connectivity index (χ1v) is 6.48. The molecule has 1 saturated heterocycles. The largest absolute Gasteiger partial charge is 0.481 e. The number of carboxylic acids is 1. The number of piperidine rings is 1. The molecule has 0 saturated carbocycles. The summed E-state index contributed by atoms with van der Waals surface area (Å²) in [4.78, 5) is 22.9. The zero-order valence-corrected chi connectivity index (χ0v) is 10.7. The van der Waals surface area contributed by atoms with E-state index < -0.39 is 5.97 Å². The predicted molar refractivity (Wildman–Crippen MR) is 72.0 cm³/mol. The Morgan fingerprint density at radius 2 is 2.16 bits per heavy atom. The van der Waals surface area contributed by atoms with Crippen LogP contribution in [0.25, 0.3) is 0 Å². The first-order valence-electron chi connectivity index (χ1n) is 6.48. The smallest absolute Gasteiger partial charge is 0.307 e. The fourth-order valence-corrected chi connectivity index (χ4v) is 2.27. The van der Waals surface area contributed by atoms with Gasteiger partial charge in [0, 0.05) is 12.2 Å². The van der Waals surface area contributed by atoms with E-state index in [1.165, 1.54) is 0 Å². The van der Waals surface area contributed by atoms with Crippen LogP contribution in [0.4, 0.5) is 5.69 Å². The molecule has 1 aliphatic heterocycles. The third-order valence-electron chi connectivity index (χ3n) is 3.28. The maximum Gasteiger partial charge on any atom is 0.307 e. The highest BCUT2D eigenvalue weighted by Gasteiger charge is 2.21. The van der Waals surface area contributed by atoms with Gasteiger partial charge in [-0.25, -0.2) is 0 Å². The predicted octanol–water partition coefficient (Wildman–Crippen LogP) is 1.25. The van der Waals surface area contributed by atoms with Crippen molar-refractivity contribution in [3.63, 3.8) is 0 Å². The molecule has 1 fully saturated rings. The summed E-state index contributed by atoms with van der Waals surface area (Å²) in [6.45, 7) is 1.65. The lowest BCUT2D eigenvalue weighted by Gasteiger charge is -2.22. The van der Waals surface area contributed by atoms with Crippen LogP contribution in [-0.2, 0) is 16.0 Å². The van der Waals surface area contributed by atoms with Crippen molar-refractivity contribution in [2.75, 3.05) is 18.4 Å². The van der Waals surface area contributed by atoms with Crippen LogP contribution in [-0.4, -0.2) is 30.1 Å². The van der Waals surface area contributed by atoms with Crippen LogP contribution in [0.15, 0.2) is 24.3 Å². The van der Waals surface area contributed by atoms with Crippen molar-refractivity contribution in [1.82, 2.24) is 5.32 Å². The number of aliphatic carboxylic acids is 1. The van der Waals surface area contributed by atoms with Crippen LogP contribution in [0.3, 0.4) is 0 Å². The summed E-state index contributed by atoms with van der Waals surface area (Å²) in [6, 6.07) is 7.03. The highest BCUT2D eigenvalue weighted by atomic mass is 16.4. The van der Waals surface area contributed by atoms with Crippen LogP contribution in [0, 0.1) is 5.92 Å². The molecule has 1 aromatic carbocycles. The lowest BCUT2D eigenvalue weighted by Crippen LogP contribution is -2.37. The minimum Gasteiger partial charge on any atom is -0.481 e. The molecular weight excluding hydrogens is 244 g/mol. The van der Waals surface area contributed by atoms with Gasteiger partial charge < -0.3 is 15.7 Å². The number of rotatable bonds is 4. The molecule has 1 heterocycles. The van der Waals surface area contributed by atoms with Gasteiger partial charge in [-0.1, -0.05) is 18.2 Å². The zero-order valence-electron chi connectivity index (χ0n) is 10.7. The van der Waals surface area contributed by atoms with Crippen LogP contribution >= 0.6 is 0 Å². The number of nitrogens with one attached hydrogen (secondary N) is 2. The molecule has 5 nitrogen and oxygen atoms in total. The van der Waals surface area contributed by atoms with Gasteiger partial charge in [-0.2, -0.15) is 0 Å². The van der Waals surface area contributed by atoms with E-state index in [1.54, 1.807) is 24.3 Å². The number of para-hydroxylation sites is 1. The maximum atomic E-state index is 12.1. The molecule has 102 valence electrons. The molecule has 0 aliphatic carbocycles. The van der Waals surface area contributed by atoms with Gasteiger partial charge in [-0.3, -0.25) is 9.59 Å². The zero-order chi connectivity index (χ0) is 13.7. The van der Waals surface area contributed by atoms with Crippen LogP contribution < -0.4 is 10.6 Å². The molecule has 3 N–H and O–H groups in total. The van der Waals surface area contributed by atoms with Crippen molar-refractivity contribution in [2.45, 2.75) is 19.3 Å². The lowest BCUT2D eigenvalue weighted by molar-refractivity contribution is -0.136. The molecule has 0 bridgehead atoms. The molecule has 1 aliphatic rings. The van der Waals surface area contributed by atoms with Crippen molar-refractivity contribution >= 4 is 17.6 Å². The molecule has 0 spiro atoms. The third-order valence-corrected chi connectivity index (χ3v) is 3.28. The Morgan fingerprint density at radius 1 is 1.37 bits per heavy atom. The Bertz CT molecular complexity index is 468.